The Bertz CT molecular complexity index is 1360. The first-order chi connectivity index (χ1) is 27.4. The second-order valence-corrected chi connectivity index (χ2v) is 16.8. The fourth-order valence-corrected chi connectivity index (χ4v) is 9.16. The van der Waals surface area contributed by atoms with Crippen LogP contribution < -0.4 is 0 Å². The average Bonchev–Trinajstić information content (AvgIpc) is 3.18. The standard InChI is InChI=1S/C40H73NO12/c1-15-27-18-29(42)23(5)33(52-30-20-38(9,48-13)35(46)26(8)51-30)25(7)36(53-37-32(44)28(41(11)12)17-22(4)50-37)39(10,49-14)19-21(3)31(43)24(6)34(45)40(27,47)16-2/h21-28,30,32-37,44-47H,15-20H2,1-14H3/t21-,22-,23+,24+,25+,26+,27+,28+,30+,32+,33-,34-,35+,36-,37-,38-,39-,40-/m1/s1/i11D3,45D,46D,47D. The second kappa shape index (κ2) is 18.4. The van der Waals surface area contributed by atoms with E-state index in [-0.39, 0.29) is 43.7 Å². The number of methoxy groups -OCH3 is 2. The summed E-state index contributed by atoms with van der Waals surface area (Å²) in [6.45, 7) is 15.1. The number of rotatable bonds is 12. The molecule has 1 saturated carbocycles. The van der Waals surface area contributed by atoms with Crippen LogP contribution in [0.5, 0.6) is 0 Å². The lowest BCUT2D eigenvalue weighted by Gasteiger charge is -2.50. The molecule has 53 heavy (non-hydrogen) atoms. The van der Waals surface area contributed by atoms with Gasteiger partial charge in [0, 0.05) is 60.9 Å². The highest BCUT2D eigenvalue weighted by Crippen LogP contribution is 2.43. The maximum Gasteiger partial charge on any atom is 0.211 e. The Kier molecular flexibility index (Phi) is 13.0. The number of ether oxygens (including phenoxy) is 6. The molecule has 18 atom stereocenters. The molecule has 0 aromatic rings. The van der Waals surface area contributed by atoms with E-state index in [1.807, 2.05) is 13.8 Å². The topological polar surface area (TPSA) is 174 Å². The van der Waals surface area contributed by atoms with Crippen molar-refractivity contribution in [3.63, 3.8) is 0 Å². The van der Waals surface area contributed by atoms with E-state index in [1.54, 1.807) is 55.4 Å². The van der Waals surface area contributed by atoms with Crippen molar-refractivity contribution < 1.29 is 62.6 Å². The molecule has 0 amide bonds. The number of hydrogen-bond acceptors (Lipinski definition) is 13. The minimum atomic E-state index is -2.53. The number of carbonyl (C=O) groups excluding carboxylic acids is 2. The highest BCUT2D eigenvalue weighted by atomic mass is 16.7. The van der Waals surface area contributed by atoms with Crippen LogP contribution in [0.4, 0.5) is 0 Å². The smallest absolute Gasteiger partial charge is 0.211 e. The molecular weight excluding hydrogens is 686 g/mol. The Morgan fingerprint density at radius 3 is 2.15 bits per heavy atom. The summed E-state index contributed by atoms with van der Waals surface area (Å²) in [5, 5.41) is 27.6. The largest absolute Gasteiger partial charge is 0.389 e. The van der Waals surface area contributed by atoms with Crippen molar-refractivity contribution in [2.75, 3.05) is 28.2 Å². The van der Waals surface area contributed by atoms with Gasteiger partial charge in [-0.2, -0.15) is 0 Å². The van der Waals surface area contributed by atoms with E-state index >= 15 is 0 Å². The van der Waals surface area contributed by atoms with E-state index in [2.05, 4.69) is 0 Å². The highest BCUT2D eigenvalue weighted by molar-refractivity contribution is 5.84. The van der Waals surface area contributed by atoms with E-state index in [9.17, 15) is 14.7 Å². The summed E-state index contributed by atoms with van der Waals surface area (Å²) < 4.78 is 86.9. The van der Waals surface area contributed by atoms with Crippen molar-refractivity contribution in [2.45, 2.75) is 186 Å². The lowest BCUT2D eigenvalue weighted by molar-refractivity contribution is -0.318. The summed E-state index contributed by atoms with van der Waals surface area (Å²) in [7, 11) is 4.39. The molecule has 4 N–H and O–H groups in total. The van der Waals surface area contributed by atoms with Crippen LogP contribution in [0.15, 0.2) is 0 Å². The minimum absolute atomic E-state index is 0.0394. The van der Waals surface area contributed by atoms with Crippen LogP contribution in [0.1, 0.15) is 112 Å². The van der Waals surface area contributed by atoms with E-state index in [0.717, 1.165) is 4.90 Å². The zero-order valence-electron chi connectivity index (χ0n) is 40.3. The first-order valence-electron chi connectivity index (χ1n) is 22.2. The maximum atomic E-state index is 14.8. The van der Waals surface area contributed by atoms with Gasteiger partial charge >= 0.3 is 0 Å². The number of ketones is 2. The van der Waals surface area contributed by atoms with Crippen LogP contribution in [0.3, 0.4) is 0 Å². The molecule has 13 nitrogen and oxygen atoms in total. The molecule has 0 bridgehead atoms. The summed E-state index contributed by atoms with van der Waals surface area (Å²) >= 11 is 0. The zero-order valence-corrected chi connectivity index (χ0v) is 34.3. The summed E-state index contributed by atoms with van der Waals surface area (Å²) in [6, 6.07) is -0.880. The van der Waals surface area contributed by atoms with Crippen molar-refractivity contribution in [1.29, 1.82) is 4.29 Å². The third kappa shape index (κ3) is 9.72. The average molecular weight is 766 g/mol. The Morgan fingerprint density at radius 2 is 1.60 bits per heavy atom. The van der Waals surface area contributed by atoms with Crippen LogP contribution in [0.25, 0.3) is 0 Å². The van der Waals surface area contributed by atoms with Crippen molar-refractivity contribution in [1.82, 2.24) is 4.90 Å². The molecule has 2 heterocycles. The van der Waals surface area contributed by atoms with Gasteiger partial charge in [-0.3, -0.25) is 9.59 Å². The van der Waals surface area contributed by atoms with Gasteiger partial charge in [-0.1, -0.05) is 48.0 Å². The van der Waals surface area contributed by atoms with Gasteiger partial charge in [0.1, 0.15) is 23.8 Å². The summed E-state index contributed by atoms with van der Waals surface area (Å²) in [6.07, 6.45) is -8.24. The lowest BCUT2D eigenvalue weighted by Crippen LogP contribution is -2.61. The van der Waals surface area contributed by atoms with E-state index in [4.69, 9.17) is 52.2 Å². The van der Waals surface area contributed by atoms with Gasteiger partial charge in [0.05, 0.1) is 47.3 Å². The number of aliphatic hydroxyl groups excluding tert-OH is 3. The van der Waals surface area contributed by atoms with Crippen LogP contribution >= 0.6 is 0 Å². The maximum absolute atomic E-state index is 14.8. The molecule has 0 aromatic carbocycles. The molecule has 3 aliphatic rings. The first-order valence-corrected chi connectivity index (χ1v) is 19.5. The minimum Gasteiger partial charge on any atom is -0.389 e. The SMILES string of the molecule is [2H]O[C@@H]1[C@@H](C)C(=O)[C@H](C)C[C@@](C)(OC)[C@H](O[C@H]2O[C@H](C)C[C@H](N(C)C([2H])([2H])[2H])[C@@H]2O)[C@@H](C)[C@H](O[C@H]2C[C@@](C)(OC)[C@@H](O[2H])[C@H](C)O2)[C@@H](C)C(=O)C[C@H](CC)[C@@]1(CC)O[2H]. The van der Waals surface area contributed by atoms with Crippen molar-refractivity contribution in [3.05, 3.63) is 0 Å². The van der Waals surface area contributed by atoms with Gasteiger partial charge in [-0.25, -0.2) is 0 Å². The second-order valence-electron chi connectivity index (χ2n) is 16.8. The van der Waals surface area contributed by atoms with Crippen molar-refractivity contribution in [3.8, 4) is 0 Å². The van der Waals surface area contributed by atoms with Gasteiger partial charge in [0.15, 0.2) is 12.6 Å². The highest BCUT2D eigenvalue weighted by Gasteiger charge is 2.54. The molecule has 0 spiro atoms. The Balaban J connectivity index is 2.30. The van der Waals surface area contributed by atoms with Crippen LogP contribution in [-0.2, 0) is 38.0 Å². The van der Waals surface area contributed by atoms with Gasteiger partial charge in [-0.15, -0.1) is 0 Å². The monoisotopic (exact) mass is 766 g/mol. The Hall–Kier alpha value is -1.10. The Labute approximate surface area is 327 Å². The number of nitrogens with zero attached hydrogens (tertiary/aromatic N) is 1. The van der Waals surface area contributed by atoms with E-state index < -0.39 is 115 Å². The molecule has 3 rings (SSSR count). The molecule has 13 heteroatoms. The van der Waals surface area contributed by atoms with Crippen LogP contribution in [0.2, 0.25) is 0 Å². The fourth-order valence-electron chi connectivity index (χ4n) is 9.16. The number of aliphatic hydroxyl groups is 4. The van der Waals surface area contributed by atoms with Gasteiger partial charge in [0.25, 0.3) is 0 Å². The fraction of sp³-hybridized carbons (Fsp3) is 0.950. The van der Waals surface area contributed by atoms with Crippen molar-refractivity contribution >= 4 is 11.6 Å². The lowest BCUT2D eigenvalue weighted by atomic mass is 9.68. The number of likely N-dealkylation sites (N-methyl/N-ethyl adjacent to an activating group) is 1. The molecule has 2 saturated heterocycles. The molecule has 3 fully saturated rings. The molecule has 2 aliphatic heterocycles. The molecular formula is C40H73NO12. The number of Topliss-reactive ketones (excluding diaryl/α,β-unsaturated/α-hetero) is 2. The molecule has 0 radical (unpaired) electrons. The van der Waals surface area contributed by atoms with Gasteiger partial charge < -0.3 is 53.8 Å². The Morgan fingerprint density at radius 1 is 0.943 bits per heavy atom. The summed E-state index contributed by atoms with van der Waals surface area (Å²) in [5.41, 5.74) is -3.88. The summed E-state index contributed by atoms with van der Waals surface area (Å²) in [5.74, 6) is -4.55. The molecule has 310 valence electrons. The predicted molar refractivity (Wildman–Crippen MR) is 199 cm³/mol. The summed E-state index contributed by atoms with van der Waals surface area (Å²) in [4.78, 5) is 30.4. The van der Waals surface area contributed by atoms with E-state index in [0.29, 0.717) is 6.42 Å². The normalized spacial score (nSPS) is 50.3. The number of hydrogen-bond donors (Lipinski definition) is 4. The third-order valence-corrected chi connectivity index (χ3v) is 13.0. The molecule has 1 aliphatic carbocycles. The third-order valence-electron chi connectivity index (χ3n) is 13.0. The predicted octanol–water partition coefficient (Wildman–Crippen LogP) is 3.49. The quantitative estimate of drug-likeness (QED) is 0.228. The molecule has 0 unspecified atom stereocenters. The number of carbonyl (C=O) groups is 2. The van der Waals surface area contributed by atoms with E-state index in [1.165, 1.54) is 21.3 Å². The van der Waals surface area contributed by atoms with Crippen LogP contribution in [-0.4, -0.2) is 148 Å². The van der Waals surface area contributed by atoms with Gasteiger partial charge in [0.2, 0.25) is 4.29 Å². The zero-order chi connectivity index (χ0) is 45.0. The van der Waals surface area contributed by atoms with Crippen LogP contribution in [0, 0.1) is 29.6 Å². The van der Waals surface area contributed by atoms with Crippen molar-refractivity contribution in [2.24, 2.45) is 29.6 Å². The molecule has 0 aromatic heterocycles. The van der Waals surface area contributed by atoms with Gasteiger partial charge in [-0.05, 0) is 66.9 Å². The first kappa shape index (κ1) is 37.5.